The van der Waals surface area contributed by atoms with Crippen LogP contribution in [0.15, 0.2) is 11.1 Å². The molecule has 15 heteroatoms. The summed E-state index contributed by atoms with van der Waals surface area (Å²) >= 11 is 34.2. The number of allylic oxidation sites excluding steroid dienone is 1. The lowest BCUT2D eigenvalue weighted by atomic mass is 9.47. The van der Waals surface area contributed by atoms with Crippen molar-refractivity contribution in [2.45, 2.75) is 91.8 Å². The molecule has 3 aliphatic carbocycles. The summed E-state index contributed by atoms with van der Waals surface area (Å²) in [5.74, 6) is -1.91. The predicted molar refractivity (Wildman–Crippen MR) is 155 cm³/mol. The fourth-order valence-corrected chi connectivity index (χ4v) is 7.22. The van der Waals surface area contributed by atoms with Crippen LogP contribution in [0, 0.1) is 22.7 Å². The van der Waals surface area contributed by atoms with Crippen LogP contribution in [-0.4, -0.2) is 73.0 Å². The van der Waals surface area contributed by atoms with Crippen molar-refractivity contribution >= 4 is 87.7 Å². The minimum absolute atomic E-state index is 0.172. The highest BCUT2D eigenvalue weighted by Crippen LogP contribution is 2.60. The third-order valence-corrected chi connectivity index (χ3v) is 9.63. The van der Waals surface area contributed by atoms with Crippen LogP contribution < -0.4 is 0 Å². The number of carbonyl (C=O) groups is 3. The highest BCUT2D eigenvalue weighted by Gasteiger charge is 2.68. The average Bonchev–Trinajstić information content (AvgIpc) is 2.83. The van der Waals surface area contributed by atoms with Crippen LogP contribution in [0.1, 0.15) is 60.3 Å². The number of aliphatic hydroxyl groups excluding tert-OH is 1. The molecule has 0 aliphatic heterocycles. The molecule has 2 bridgehead atoms. The Morgan fingerprint density at radius 2 is 1.46 bits per heavy atom. The van der Waals surface area contributed by atoms with Crippen molar-refractivity contribution in [2.24, 2.45) is 22.7 Å². The second-order valence-corrected chi connectivity index (χ2v) is 16.9. The van der Waals surface area contributed by atoms with Gasteiger partial charge < -0.3 is 29.2 Å². The number of alkyl halides is 6. The Labute approximate surface area is 269 Å². The minimum atomic E-state index is -1.94. The average molecular weight is 703 g/mol. The summed E-state index contributed by atoms with van der Waals surface area (Å²) in [6.45, 7) is 7.21. The molecule has 7 atom stereocenters. The Bertz CT molecular complexity index is 1080. The van der Waals surface area contributed by atoms with E-state index >= 15 is 0 Å². The number of carbonyl (C=O) groups excluding carboxylic acids is 3. The molecule has 0 saturated heterocycles. The highest BCUT2D eigenvalue weighted by molar-refractivity contribution is 6.68. The molecule has 0 aromatic heterocycles. The van der Waals surface area contributed by atoms with Crippen LogP contribution in [0.4, 0.5) is 9.59 Å². The molecule has 2 fully saturated rings. The lowest BCUT2D eigenvalue weighted by molar-refractivity contribution is -0.222. The smallest absolute Gasteiger partial charge is 0.430 e. The zero-order valence-corrected chi connectivity index (χ0v) is 27.7. The molecule has 9 nitrogen and oxygen atoms in total. The molecule has 0 radical (unpaired) electrons. The zero-order chi connectivity index (χ0) is 31.3. The van der Waals surface area contributed by atoms with Gasteiger partial charge in [0.25, 0.3) is 0 Å². The summed E-state index contributed by atoms with van der Waals surface area (Å²) in [5.41, 5.74) is -3.67. The molecule has 2 N–H and O–H groups in total. The standard InChI is InChI=1S/C26H34Cl6O9/c1-12-6-7-14(40-20(35)38-10-25(27,28)29)23(5)16(12)18(33)24(37)9-8-13(2)15(22(24,3)4)17(19(23)34)41-21(36)39-11-26(30,31)32/h12,14,16-18,33,37H,6-11H2,1-5H3/t12-,14+,16+,17-,18?,23-,24-/m1/s1. The number of ether oxygens (including phenoxy) is 4. The van der Waals surface area contributed by atoms with E-state index < -0.39 is 79.6 Å². The van der Waals surface area contributed by atoms with E-state index in [1.165, 1.54) is 6.92 Å². The van der Waals surface area contributed by atoms with E-state index in [9.17, 15) is 24.6 Å². The number of hydrogen-bond acceptors (Lipinski definition) is 9. The largest absolute Gasteiger partial charge is 0.509 e. The van der Waals surface area contributed by atoms with Crippen LogP contribution in [0.3, 0.4) is 0 Å². The van der Waals surface area contributed by atoms with Crippen molar-refractivity contribution in [3.8, 4) is 0 Å². The molecule has 0 spiro atoms. The van der Waals surface area contributed by atoms with Crippen molar-refractivity contribution in [2.75, 3.05) is 13.2 Å². The number of ketones is 1. The number of aliphatic hydroxyl groups is 2. The van der Waals surface area contributed by atoms with Crippen LogP contribution >= 0.6 is 69.6 Å². The third kappa shape index (κ3) is 6.98. The third-order valence-electron chi connectivity index (χ3n) is 8.98. The van der Waals surface area contributed by atoms with E-state index in [1.807, 2.05) is 6.92 Å². The molecular weight excluding hydrogens is 669 g/mol. The van der Waals surface area contributed by atoms with Gasteiger partial charge in [0.1, 0.15) is 24.9 Å². The number of Topliss-reactive ketones (excluding diaryl/α,β-unsaturated/α-hetero) is 1. The Morgan fingerprint density at radius 3 is 1.98 bits per heavy atom. The summed E-state index contributed by atoms with van der Waals surface area (Å²) in [7, 11) is 0. The molecule has 0 aromatic rings. The van der Waals surface area contributed by atoms with Crippen molar-refractivity contribution in [3.05, 3.63) is 11.1 Å². The van der Waals surface area contributed by atoms with E-state index in [0.29, 0.717) is 24.0 Å². The van der Waals surface area contributed by atoms with E-state index in [0.717, 1.165) is 0 Å². The summed E-state index contributed by atoms with van der Waals surface area (Å²) in [5, 5.41) is 24.1. The van der Waals surface area contributed by atoms with Crippen LogP contribution in [0.5, 0.6) is 0 Å². The normalized spacial score (nSPS) is 35.5. The van der Waals surface area contributed by atoms with Gasteiger partial charge in [-0.15, -0.1) is 0 Å². The highest BCUT2D eigenvalue weighted by atomic mass is 35.6. The van der Waals surface area contributed by atoms with Crippen LogP contribution in [0.25, 0.3) is 0 Å². The molecule has 234 valence electrons. The SMILES string of the molecule is CC1=C2[C@@H](OC(=O)OCC(Cl)(Cl)Cl)C(=O)[C@]3(C)[C@@H](OC(=O)OCC(Cl)(Cl)Cl)CC[C@@H](C)[C@H]3C(O)[C@](O)(CC1)C2(C)C. The summed E-state index contributed by atoms with van der Waals surface area (Å²) in [4.78, 5) is 40.2. The second-order valence-electron chi connectivity index (χ2n) is 11.8. The van der Waals surface area contributed by atoms with Gasteiger partial charge in [0.05, 0.1) is 11.5 Å². The molecule has 0 aromatic carbocycles. The van der Waals surface area contributed by atoms with E-state index in [-0.39, 0.29) is 18.8 Å². The predicted octanol–water partition coefficient (Wildman–Crippen LogP) is 6.63. The zero-order valence-electron chi connectivity index (χ0n) is 23.1. The molecule has 0 amide bonds. The van der Waals surface area contributed by atoms with Gasteiger partial charge in [-0.1, -0.05) is 95.9 Å². The van der Waals surface area contributed by atoms with Gasteiger partial charge >= 0.3 is 12.3 Å². The minimum Gasteiger partial charge on any atom is -0.430 e. The first-order valence-corrected chi connectivity index (χ1v) is 15.3. The van der Waals surface area contributed by atoms with Gasteiger partial charge in [0.2, 0.25) is 7.59 Å². The van der Waals surface area contributed by atoms with Crippen LogP contribution in [-0.2, 0) is 23.7 Å². The summed E-state index contributed by atoms with van der Waals surface area (Å²) in [6, 6.07) is 0. The fourth-order valence-electron chi connectivity index (χ4n) is 6.89. The summed E-state index contributed by atoms with van der Waals surface area (Å²) < 4.78 is 17.3. The Kier molecular flexibility index (Phi) is 10.4. The summed E-state index contributed by atoms with van der Waals surface area (Å²) in [6.07, 6.45) is -5.54. The first-order valence-electron chi connectivity index (χ1n) is 13.0. The molecule has 2 saturated carbocycles. The molecule has 1 unspecified atom stereocenters. The Hall–Kier alpha value is -0.390. The van der Waals surface area contributed by atoms with Crippen molar-refractivity contribution in [1.29, 1.82) is 0 Å². The van der Waals surface area contributed by atoms with E-state index in [2.05, 4.69) is 0 Å². The molecule has 3 rings (SSSR count). The van der Waals surface area contributed by atoms with Gasteiger partial charge in [0, 0.05) is 11.3 Å². The molecular formula is C26H34Cl6O9. The fraction of sp³-hybridized carbons (Fsp3) is 0.808. The number of halogens is 6. The number of fused-ring (bicyclic) bond motifs is 3. The number of hydrogen-bond donors (Lipinski definition) is 2. The van der Waals surface area contributed by atoms with Gasteiger partial charge in [-0.25, -0.2) is 9.59 Å². The van der Waals surface area contributed by atoms with Crippen molar-refractivity contribution < 1.29 is 43.5 Å². The van der Waals surface area contributed by atoms with Crippen molar-refractivity contribution in [1.82, 2.24) is 0 Å². The van der Waals surface area contributed by atoms with Gasteiger partial charge in [-0.3, -0.25) is 4.79 Å². The Balaban J connectivity index is 2.14. The maximum Gasteiger partial charge on any atom is 0.509 e. The van der Waals surface area contributed by atoms with Gasteiger partial charge in [0.15, 0.2) is 11.9 Å². The van der Waals surface area contributed by atoms with Gasteiger partial charge in [-0.05, 0) is 51.0 Å². The molecule has 0 heterocycles. The molecule has 41 heavy (non-hydrogen) atoms. The van der Waals surface area contributed by atoms with Gasteiger partial charge in [-0.2, -0.15) is 0 Å². The Morgan fingerprint density at radius 1 is 0.951 bits per heavy atom. The maximum atomic E-state index is 14.7. The second kappa shape index (κ2) is 12.2. The maximum absolute atomic E-state index is 14.7. The molecule has 3 aliphatic rings. The lowest BCUT2D eigenvalue weighted by Crippen LogP contribution is -2.70. The quantitative estimate of drug-likeness (QED) is 0.188. The van der Waals surface area contributed by atoms with E-state index in [4.69, 9.17) is 88.6 Å². The number of rotatable bonds is 4. The lowest BCUT2D eigenvalue weighted by Gasteiger charge is -2.60. The van der Waals surface area contributed by atoms with Crippen molar-refractivity contribution in [3.63, 3.8) is 0 Å². The monoisotopic (exact) mass is 700 g/mol. The first-order chi connectivity index (χ1) is 18.6. The van der Waals surface area contributed by atoms with E-state index in [1.54, 1.807) is 20.8 Å². The topological polar surface area (TPSA) is 129 Å². The first kappa shape index (κ1) is 35.1. The van der Waals surface area contributed by atoms with Crippen LogP contribution in [0.2, 0.25) is 0 Å².